The summed E-state index contributed by atoms with van der Waals surface area (Å²) in [6.45, 7) is 1.44. The van der Waals surface area contributed by atoms with Crippen LogP contribution in [0.25, 0.3) is 21.3 Å². The maximum absolute atomic E-state index is 5.45. The molecule has 0 saturated heterocycles. The molecule has 3 aliphatic carbocycles. The van der Waals surface area contributed by atoms with E-state index in [1.54, 1.807) is 0 Å². The Morgan fingerprint density at radius 3 is 0.911 bits per heavy atom. The molecule has 0 spiro atoms. The van der Waals surface area contributed by atoms with Crippen molar-refractivity contribution in [3.63, 3.8) is 0 Å². The van der Waals surface area contributed by atoms with Gasteiger partial charge in [0.05, 0.1) is 6.04 Å². The van der Waals surface area contributed by atoms with Crippen LogP contribution in [0.2, 0.25) is 0 Å². The minimum Gasteiger partial charge on any atom is -0.671 e. The topological polar surface area (TPSA) is 68.8 Å². The van der Waals surface area contributed by atoms with E-state index in [-0.39, 0.29) is 52.9 Å². The number of hydrogen-bond donors (Lipinski definition) is 0. The first-order valence-corrected chi connectivity index (χ1v) is 36.5. The number of aryl methyl sites for hydroxylation is 1. The second kappa shape index (κ2) is 41.3. The Morgan fingerprint density at radius 1 is 0.333 bits per heavy atom. The summed E-state index contributed by atoms with van der Waals surface area (Å²) >= 11 is 0. The van der Waals surface area contributed by atoms with Crippen molar-refractivity contribution in [2.24, 2.45) is 4.99 Å². The van der Waals surface area contributed by atoms with Gasteiger partial charge < -0.3 is 36.1 Å². The molecule has 0 aromatic heterocycles. The molecular formula is C81H94N5P3Zr-6. The fraction of sp³-hybridized carbons (Fsp3) is 0.296. The number of aliphatic imine (C=N–C) groups is 1. The van der Waals surface area contributed by atoms with Crippen molar-refractivity contribution in [2.45, 2.75) is 152 Å². The van der Waals surface area contributed by atoms with Crippen LogP contribution in [0.5, 0.6) is 0 Å². The largest absolute Gasteiger partial charge is 0.671 e. The first kappa shape index (κ1) is 72.1. The number of rotatable bonds is 23. The minimum absolute atomic E-state index is 0. The summed E-state index contributed by atoms with van der Waals surface area (Å²) in [5.74, 6) is -0.00351. The van der Waals surface area contributed by atoms with Gasteiger partial charge in [0, 0.05) is 39.6 Å². The van der Waals surface area contributed by atoms with Crippen LogP contribution >= 0.6 is 23.8 Å². The Labute approximate surface area is 566 Å². The molecule has 9 aromatic carbocycles. The molecule has 0 N–H and O–H groups in total. The van der Waals surface area contributed by atoms with Crippen LogP contribution < -0.4 is 31.8 Å². The predicted octanol–water partition coefficient (Wildman–Crippen LogP) is 20.7. The number of nitrogens with zero attached hydrogens (tertiary/aromatic N) is 5. The third-order valence-electron chi connectivity index (χ3n) is 16.7. The Balaban J connectivity index is 0.000000189. The molecule has 468 valence electrons. The number of benzene rings is 9. The van der Waals surface area contributed by atoms with Gasteiger partial charge in [-0.2, -0.15) is 0 Å². The fourth-order valence-electron chi connectivity index (χ4n) is 12.1. The van der Waals surface area contributed by atoms with E-state index in [1.807, 2.05) is 0 Å². The monoisotopic (exact) mass is 1320 g/mol. The van der Waals surface area contributed by atoms with Crippen LogP contribution in [0.4, 0.5) is 0 Å². The van der Waals surface area contributed by atoms with E-state index in [2.05, 4.69) is 273 Å². The molecule has 3 aliphatic rings. The number of hydrogen-bond acceptors (Lipinski definition) is 1. The quantitative estimate of drug-likeness (QED) is 0.0348. The second-order valence-electron chi connectivity index (χ2n) is 23.1. The Hall–Kier alpha value is -5.34. The summed E-state index contributed by atoms with van der Waals surface area (Å²) in [6, 6.07) is 99.0. The summed E-state index contributed by atoms with van der Waals surface area (Å²) in [7, 11) is -1.92. The summed E-state index contributed by atoms with van der Waals surface area (Å²) in [5, 5.41) is 29.4. The minimum atomic E-state index is -0.669. The third-order valence-corrected chi connectivity index (χ3v) is 24.1. The molecule has 9 aromatic rings. The van der Waals surface area contributed by atoms with Gasteiger partial charge in [0.1, 0.15) is 0 Å². The van der Waals surface area contributed by atoms with E-state index in [0.717, 1.165) is 25.9 Å². The zero-order valence-corrected chi connectivity index (χ0v) is 58.5. The van der Waals surface area contributed by atoms with Gasteiger partial charge in [-0.15, -0.1) is 25.2 Å². The first-order valence-electron chi connectivity index (χ1n) is 32.3. The van der Waals surface area contributed by atoms with Crippen LogP contribution in [0.1, 0.15) is 119 Å². The van der Waals surface area contributed by atoms with Gasteiger partial charge in [-0.3, -0.25) is 4.99 Å². The van der Waals surface area contributed by atoms with Crippen molar-refractivity contribution in [2.75, 3.05) is 0 Å². The van der Waals surface area contributed by atoms with Gasteiger partial charge in [0.15, 0.2) is 0 Å². The molecule has 2 atom stereocenters. The second-order valence-corrected chi connectivity index (χ2v) is 29.8. The summed E-state index contributed by atoms with van der Waals surface area (Å²) < 4.78 is 0. The normalized spacial score (nSPS) is 15.3. The molecule has 12 rings (SSSR count). The molecule has 9 heteroatoms. The van der Waals surface area contributed by atoms with Crippen molar-refractivity contribution < 1.29 is 26.2 Å². The molecule has 3 saturated carbocycles. The summed E-state index contributed by atoms with van der Waals surface area (Å²) in [6.07, 6.45) is 21.4. The molecule has 2 unspecified atom stereocenters. The van der Waals surface area contributed by atoms with E-state index in [4.69, 9.17) is 26.3 Å². The molecule has 0 heterocycles. The van der Waals surface area contributed by atoms with E-state index >= 15 is 0 Å². The fourth-order valence-corrected chi connectivity index (χ4v) is 19.3. The zero-order valence-electron chi connectivity index (χ0n) is 53.4. The average Bonchev–Trinajstić information content (AvgIpc) is 1.46. The molecule has 90 heavy (non-hydrogen) atoms. The Morgan fingerprint density at radius 2 is 0.600 bits per heavy atom. The zero-order chi connectivity index (χ0) is 59.2. The molecule has 0 aliphatic heterocycles. The van der Waals surface area contributed by atoms with Gasteiger partial charge >= 0.3 is 0 Å². The Kier molecular flexibility index (Phi) is 33.1. The van der Waals surface area contributed by atoms with Crippen LogP contribution in [-0.4, -0.2) is 35.4 Å². The van der Waals surface area contributed by atoms with Crippen LogP contribution in [0.15, 0.2) is 278 Å². The van der Waals surface area contributed by atoms with Crippen molar-refractivity contribution in [3.8, 4) is 0 Å². The van der Waals surface area contributed by atoms with E-state index < -0.39 is 23.8 Å². The maximum Gasteiger partial charge on any atom is 0.0503 e. The standard InChI is InChI=1S/C27H30NP.2C26H29N2P.2CH3.Zr/c1-5-13-23(14-6-1)21-22-27(28-24-15-7-2-8-16-24)29(25-17-9-3-10-18-25)26-19-11-4-12-20-26;2*1-5-13-22(14-6-1)21-27-26(28-23-15-7-2-8-16-23)29(24-17-9-3-10-18-24)25-19-11-4-12-20-25;;;/h1,3-6,9-14,17-20,24H,2,7-8,15-16,21-22H2;2*1,3-6,9-14,17-20,23,26H,2,7-8,15-16,21H2;2*1H3;/q;2*-2;2*-1;. The van der Waals surface area contributed by atoms with Crippen molar-refractivity contribution in [3.05, 3.63) is 326 Å². The third kappa shape index (κ3) is 23.3. The van der Waals surface area contributed by atoms with Crippen molar-refractivity contribution >= 4 is 61.0 Å². The van der Waals surface area contributed by atoms with E-state index in [0.29, 0.717) is 18.1 Å². The average molecular weight is 1320 g/mol. The molecule has 0 amide bonds. The van der Waals surface area contributed by atoms with E-state index in [9.17, 15) is 0 Å². The van der Waals surface area contributed by atoms with Crippen LogP contribution in [-0.2, 0) is 45.7 Å². The van der Waals surface area contributed by atoms with Gasteiger partial charge in [-0.1, -0.05) is 383 Å². The van der Waals surface area contributed by atoms with Crippen molar-refractivity contribution in [1.29, 1.82) is 0 Å². The SMILES string of the molecule is [CH3-].[CH3-].[Zr].c1ccc(CCC(=NC2CCCCC2)P(c2ccccc2)c2ccccc2)cc1.c1ccc(C[N-]C([N-]C2CCCCC2)P(c2ccccc2)c2ccccc2)cc1.c1ccc(C[N-]C([N-]C2CCCCC2)P(c2ccccc2)c2ccccc2)cc1. The van der Waals surface area contributed by atoms with Crippen LogP contribution in [0, 0.1) is 14.9 Å². The van der Waals surface area contributed by atoms with Crippen molar-refractivity contribution in [1.82, 2.24) is 0 Å². The molecule has 0 radical (unpaired) electrons. The predicted molar refractivity (Wildman–Crippen MR) is 394 cm³/mol. The maximum atomic E-state index is 5.45. The summed E-state index contributed by atoms with van der Waals surface area (Å²) in [4.78, 5) is 5.45. The van der Waals surface area contributed by atoms with Gasteiger partial charge in [0.2, 0.25) is 0 Å². The van der Waals surface area contributed by atoms with E-state index in [1.165, 1.54) is 150 Å². The van der Waals surface area contributed by atoms with Crippen LogP contribution in [0.3, 0.4) is 0 Å². The summed E-state index contributed by atoms with van der Waals surface area (Å²) in [5.41, 5.74) is 5.33. The Bertz CT molecular complexity index is 3000. The molecule has 5 nitrogen and oxygen atoms in total. The molecule has 3 fully saturated rings. The smallest absolute Gasteiger partial charge is 0.0503 e. The van der Waals surface area contributed by atoms with Gasteiger partial charge in [-0.05, 0) is 63.1 Å². The van der Waals surface area contributed by atoms with Gasteiger partial charge in [0.25, 0.3) is 0 Å². The first-order chi connectivity index (χ1) is 43.2. The van der Waals surface area contributed by atoms with Gasteiger partial charge in [-0.25, -0.2) is 11.8 Å². The molecule has 0 bridgehead atoms. The molecular weight excluding hydrogens is 1230 g/mol.